The van der Waals surface area contributed by atoms with Crippen molar-refractivity contribution in [3.8, 4) is 0 Å². The molecule has 0 radical (unpaired) electrons. The summed E-state index contributed by atoms with van der Waals surface area (Å²) in [6, 6.07) is 2.33. The van der Waals surface area contributed by atoms with Crippen molar-refractivity contribution in [2.45, 2.75) is 140 Å². The van der Waals surface area contributed by atoms with Crippen molar-refractivity contribution in [1.29, 1.82) is 0 Å². The summed E-state index contributed by atoms with van der Waals surface area (Å²) in [5.41, 5.74) is 0. The van der Waals surface area contributed by atoms with Gasteiger partial charge >= 0.3 is 0 Å². The second-order valence-corrected chi connectivity index (χ2v) is 8.51. The number of nitrogens with zero attached hydrogens (tertiary/aromatic N) is 3. The highest BCUT2D eigenvalue weighted by Gasteiger charge is 2.15. The van der Waals surface area contributed by atoms with Gasteiger partial charge in [-0.25, -0.2) is 0 Å². The first kappa shape index (κ1) is 34.5. The third-order valence-electron chi connectivity index (χ3n) is 5.61. The zero-order chi connectivity index (χ0) is 23.9. The zero-order valence-electron chi connectivity index (χ0n) is 23.6. The summed E-state index contributed by atoms with van der Waals surface area (Å²) in [6.45, 7) is 33.6. The van der Waals surface area contributed by atoms with E-state index in [4.69, 9.17) is 0 Å². The van der Waals surface area contributed by atoms with E-state index in [2.05, 4.69) is 56.2 Å². The van der Waals surface area contributed by atoms with Gasteiger partial charge in [0, 0.05) is 18.1 Å². The average Bonchev–Trinajstić information content (AvgIpc) is 3.28. The first-order chi connectivity index (χ1) is 14.4. The number of hydrogen-bond donors (Lipinski definition) is 0. The van der Waals surface area contributed by atoms with Crippen LogP contribution in [0.2, 0.25) is 0 Å². The molecule has 0 spiro atoms. The Morgan fingerprint density at radius 2 is 0.533 bits per heavy atom. The maximum atomic E-state index is 2.56. The highest BCUT2D eigenvalue weighted by molar-refractivity contribution is 4.71. The molecule has 3 heteroatoms. The molecule has 3 aliphatic heterocycles. The van der Waals surface area contributed by atoms with E-state index >= 15 is 0 Å². The number of rotatable bonds is 3. The van der Waals surface area contributed by atoms with Crippen molar-refractivity contribution < 1.29 is 0 Å². The van der Waals surface area contributed by atoms with Gasteiger partial charge in [0.15, 0.2) is 0 Å². The second-order valence-electron chi connectivity index (χ2n) is 8.51. The summed E-state index contributed by atoms with van der Waals surface area (Å²) in [7, 11) is 0. The molecule has 0 N–H and O–H groups in total. The fourth-order valence-electron chi connectivity index (χ4n) is 3.55. The maximum Gasteiger partial charge on any atom is 0.00386 e. The Hall–Kier alpha value is -0.120. The van der Waals surface area contributed by atoms with Crippen molar-refractivity contribution in [1.82, 2.24) is 14.7 Å². The number of piperidine rings is 1. The normalized spacial score (nSPS) is 18.9. The summed E-state index contributed by atoms with van der Waals surface area (Å²) in [5, 5.41) is 0. The Morgan fingerprint density at radius 3 is 0.667 bits per heavy atom. The monoisotopic (exact) mass is 430 g/mol. The summed E-state index contributed by atoms with van der Waals surface area (Å²) in [5.74, 6) is 0. The van der Waals surface area contributed by atoms with E-state index in [-0.39, 0.29) is 0 Å². The van der Waals surface area contributed by atoms with Crippen LogP contribution in [-0.2, 0) is 0 Å². The molecule has 0 aliphatic carbocycles. The molecule has 3 heterocycles. The largest absolute Gasteiger partial charge is 0.301 e. The summed E-state index contributed by atoms with van der Waals surface area (Å²) < 4.78 is 0. The van der Waals surface area contributed by atoms with Crippen LogP contribution in [0.3, 0.4) is 0 Å². The van der Waals surface area contributed by atoms with E-state index in [1.54, 1.807) is 0 Å². The molecule has 3 nitrogen and oxygen atoms in total. The molecule has 0 saturated carbocycles. The van der Waals surface area contributed by atoms with Crippen LogP contribution in [0.5, 0.6) is 0 Å². The van der Waals surface area contributed by atoms with Gasteiger partial charge in [0.2, 0.25) is 0 Å². The predicted octanol–water partition coefficient (Wildman–Crippen LogP) is 7.55. The molecule has 3 fully saturated rings. The first-order valence-corrected chi connectivity index (χ1v) is 13.6. The molecule has 0 atom stereocenters. The van der Waals surface area contributed by atoms with E-state index in [0.717, 1.165) is 18.1 Å². The van der Waals surface area contributed by atoms with Gasteiger partial charge in [-0.1, -0.05) is 48.0 Å². The Morgan fingerprint density at radius 1 is 0.333 bits per heavy atom. The van der Waals surface area contributed by atoms with Gasteiger partial charge < -0.3 is 14.7 Å². The molecule has 0 aromatic heterocycles. The predicted molar refractivity (Wildman–Crippen MR) is 142 cm³/mol. The van der Waals surface area contributed by atoms with Crippen molar-refractivity contribution >= 4 is 0 Å². The van der Waals surface area contributed by atoms with Gasteiger partial charge in [-0.15, -0.1) is 0 Å². The number of hydrogen-bond acceptors (Lipinski definition) is 3. The van der Waals surface area contributed by atoms with Crippen LogP contribution in [0.4, 0.5) is 0 Å². The van der Waals surface area contributed by atoms with Crippen molar-refractivity contribution in [2.75, 3.05) is 39.3 Å². The lowest BCUT2D eigenvalue weighted by molar-refractivity contribution is 0.138. The van der Waals surface area contributed by atoms with Crippen molar-refractivity contribution in [3.05, 3.63) is 0 Å². The molecule has 3 saturated heterocycles. The Labute approximate surface area is 194 Å². The van der Waals surface area contributed by atoms with Gasteiger partial charge in [-0.3, -0.25) is 0 Å². The third-order valence-corrected chi connectivity index (χ3v) is 5.61. The lowest BCUT2D eigenvalue weighted by atomic mass is 10.1. The molecule has 0 bridgehead atoms. The van der Waals surface area contributed by atoms with E-state index in [1.165, 1.54) is 77.8 Å². The molecule has 3 aliphatic rings. The van der Waals surface area contributed by atoms with E-state index < -0.39 is 0 Å². The molecular weight excluding hydrogens is 366 g/mol. The molecule has 0 unspecified atom stereocenters. The minimum atomic E-state index is 0.769. The third kappa shape index (κ3) is 18.6. The van der Waals surface area contributed by atoms with Crippen LogP contribution in [0, 0.1) is 0 Å². The minimum absolute atomic E-state index is 0.769. The Balaban J connectivity index is -0.000000325. The fraction of sp³-hybridized carbons (Fsp3) is 1.00. The molecule has 0 aromatic carbocycles. The summed E-state index contributed by atoms with van der Waals surface area (Å²) in [4.78, 5) is 7.56. The van der Waals surface area contributed by atoms with Crippen molar-refractivity contribution in [3.63, 3.8) is 0 Å². The van der Waals surface area contributed by atoms with E-state index in [9.17, 15) is 0 Å². The smallest absolute Gasteiger partial charge is 0.00386 e. The lowest BCUT2D eigenvalue weighted by Crippen LogP contribution is -2.41. The molecule has 30 heavy (non-hydrogen) atoms. The molecule has 3 rings (SSSR count). The molecule has 0 amide bonds. The van der Waals surface area contributed by atoms with Gasteiger partial charge in [0.05, 0.1) is 0 Å². The van der Waals surface area contributed by atoms with Gasteiger partial charge in [-0.2, -0.15) is 0 Å². The van der Waals surface area contributed by atoms with Crippen LogP contribution in [0.1, 0.15) is 122 Å². The summed E-state index contributed by atoms with van der Waals surface area (Å²) >= 11 is 0. The topological polar surface area (TPSA) is 9.72 Å². The van der Waals surface area contributed by atoms with Crippen LogP contribution in [0.15, 0.2) is 0 Å². The minimum Gasteiger partial charge on any atom is -0.301 e. The van der Waals surface area contributed by atoms with E-state index in [1.807, 2.05) is 41.5 Å². The van der Waals surface area contributed by atoms with Crippen molar-refractivity contribution in [2.24, 2.45) is 0 Å². The van der Waals surface area contributed by atoms with Crippen LogP contribution >= 0.6 is 0 Å². The van der Waals surface area contributed by atoms with Crippen LogP contribution in [-0.4, -0.2) is 72.1 Å². The summed E-state index contributed by atoms with van der Waals surface area (Å²) in [6.07, 6.45) is 8.52. The lowest BCUT2D eigenvalue weighted by Gasteiger charge is -2.34. The quantitative estimate of drug-likeness (QED) is 0.458. The molecule has 0 aromatic rings. The molecular formula is C27H63N3. The highest BCUT2D eigenvalue weighted by Crippen LogP contribution is 2.11. The van der Waals surface area contributed by atoms with Crippen LogP contribution in [0.25, 0.3) is 0 Å². The highest BCUT2D eigenvalue weighted by atomic mass is 15.2. The first-order valence-electron chi connectivity index (χ1n) is 13.6. The van der Waals surface area contributed by atoms with Gasteiger partial charge in [-0.05, 0) is 113 Å². The zero-order valence-corrected chi connectivity index (χ0v) is 23.6. The second kappa shape index (κ2) is 25.1. The van der Waals surface area contributed by atoms with Crippen LogP contribution < -0.4 is 0 Å². The maximum absolute atomic E-state index is 2.56. The van der Waals surface area contributed by atoms with Gasteiger partial charge in [0.1, 0.15) is 0 Å². The SMILES string of the molecule is CC.CC.CC.CC(C)N1CCC1.CC(C)N1CCCC1.CC(C)N1CCCCC1. The Kier molecular flexibility index (Phi) is 28.9. The number of likely N-dealkylation sites (tertiary alicyclic amines) is 3. The molecule has 186 valence electrons. The standard InChI is InChI=1S/C8H17N.C7H15N.C6H13N.3C2H6/c1-8(2)9-6-4-3-5-7-9;1-7(2)8-5-3-4-6-8;1-6(2)7-4-3-5-7;3*1-2/h8H,3-7H2,1-2H3;7H,3-6H2,1-2H3;6H,3-5H2,1-2H3;3*1-2H3. The van der Waals surface area contributed by atoms with E-state index in [0.29, 0.717) is 0 Å². The average molecular weight is 430 g/mol. The Bertz CT molecular complexity index is 286. The van der Waals surface area contributed by atoms with Gasteiger partial charge in [0.25, 0.3) is 0 Å². The fourth-order valence-corrected chi connectivity index (χ4v) is 3.55.